The van der Waals surface area contributed by atoms with E-state index in [2.05, 4.69) is 43.4 Å². The molecule has 0 aliphatic carbocycles. The molecular formula is C14H24BI. The summed E-state index contributed by atoms with van der Waals surface area (Å²) in [5, 5.41) is 1.36. The van der Waals surface area contributed by atoms with Crippen LogP contribution in [0.3, 0.4) is 0 Å². The summed E-state index contributed by atoms with van der Waals surface area (Å²) < 4.78 is 0.639. The largest absolute Gasteiger partial charge is 0.171 e. The van der Waals surface area contributed by atoms with Gasteiger partial charge in [0.1, 0.15) is 0 Å². The van der Waals surface area contributed by atoms with Gasteiger partial charge in [-0.25, -0.2) is 0 Å². The minimum Gasteiger partial charge on any atom is -0.0876 e. The summed E-state index contributed by atoms with van der Waals surface area (Å²) in [5.74, 6) is 0.950. The molecule has 0 bridgehead atoms. The Hall–Kier alpha value is 0.795. The van der Waals surface area contributed by atoms with E-state index in [0.29, 0.717) is 13.9 Å². The lowest BCUT2D eigenvalue weighted by Crippen LogP contribution is -2.57. The van der Waals surface area contributed by atoms with E-state index in [9.17, 15) is 0 Å². The van der Waals surface area contributed by atoms with Crippen molar-refractivity contribution in [2.45, 2.75) is 79.7 Å². The van der Waals surface area contributed by atoms with Gasteiger partial charge in [0, 0.05) is 3.32 Å². The average Bonchev–Trinajstić information content (AvgIpc) is 2.50. The highest BCUT2D eigenvalue weighted by Crippen LogP contribution is 2.71. The second-order valence-corrected chi connectivity index (χ2v) is 9.47. The first kappa shape index (κ1) is 11.9. The highest BCUT2D eigenvalue weighted by Gasteiger charge is 2.66. The Morgan fingerprint density at radius 1 is 1.00 bits per heavy atom. The highest BCUT2D eigenvalue weighted by atomic mass is 127. The van der Waals surface area contributed by atoms with Gasteiger partial charge in [-0.1, -0.05) is 92.5 Å². The summed E-state index contributed by atoms with van der Waals surface area (Å²) >= 11 is 2.88. The van der Waals surface area contributed by atoms with Gasteiger partial charge < -0.3 is 0 Å². The Balaban J connectivity index is 2.07. The fraction of sp³-hybridized carbons (Fsp3) is 1.00. The molecule has 3 fully saturated rings. The minimum atomic E-state index is 0.639. The maximum atomic E-state index is 2.88. The molecule has 3 heterocycles. The molecule has 0 N–H and O–H groups in total. The van der Waals surface area contributed by atoms with Crippen molar-refractivity contribution in [3.05, 3.63) is 0 Å². The van der Waals surface area contributed by atoms with Gasteiger partial charge in [0.2, 0.25) is 0 Å². The van der Waals surface area contributed by atoms with Crippen LogP contribution in [0, 0.1) is 5.92 Å². The van der Waals surface area contributed by atoms with Gasteiger partial charge in [-0.2, -0.15) is 0 Å². The van der Waals surface area contributed by atoms with E-state index in [1.54, 1.807) is 0 Å². The molecule has 0 nitrogen and oxygen atoms in total. The summed E-state index contributed by atoms with van der Waals surface area (Å²) in [4.78, 5) is 0. The van der Waals surface area contributed by atoms with Crippen molar-refractivity contribution in [2.75, 3.05) is 0 Å². The standard InChI is InChI=1S/C14H24BI/c1-11-5-8-12(2)6-4-7-13(3)9-10-14(11,16)15(12)13/h11H,4-10H2,1-3H3. The third kappa shape index (κ3) is 1.34. The molecule has 3 saturated heterocycles. The monoisotopic (exact) mass is 330 g/mol. The van der Waals surface area contributed by atoms with Gasteiger partial charge in [-0.05, 0) is 12.3 Å². The Morgan fingerprint density at radius 3 is 2.31 bits per heavy atom. The van der Waals surface area contributed by atoms with E-state index in [0.717, 1.165) is 12.6 Å². The van der Waals surface area contributed by atoms with E-state index in [1.807, 2.05) is 0 Å². The van der Waals surface area contributed by atoms with Crippen molar-refractivity contribution in [1.29, 1.82) is 0 Å². The van der Waals surface area contributed by atoms with Crippen molar-refractivity contribution in [3.63, 3.8) is 0 Å². The second kappa shape index (κ2) is 3.42. The van der Waals surface area contributed by atoms with Gasteiger partial charge in [0.25, 0.3) is 0 Å². The number of hydrogen-bond acceptors (Lipinski definition) is 0. The van der Waals surface area contributed by atoms with Gasteiger partial charge in [-0.3, -0.25) is 0 Å². The van der Waals surface area contributed by atoms with Crippen LogP contribution in [0.4, 0.5) is 0 Å². The molecular weight excluding hydrogens is 306 g/mol. The smallest absolute Gasteiger partial charge is 0.0876 e. The first-order valence-electron chi connectivity index (χ1n) is 7.10. The first-order chi connectivity index (χ1) is 7.41. The molecule has 4 atom stereocenters. The Labute approximate surface area is 115 Å². The van der Waals surface area contributed by atoms with Crippen LogP contribution in [0.15, 0.2) is 0 Å². The van der Waals surface area contributed by atoms with Crippen molar-refractivity contribution in [1.82, 2.24) is 0 Å². The highest BCUT2D eigenvalue weighted by molar-refractivity contribution is 14.1. The van der Waals surface area contributed by atoms with E-state index in [4.69, 9.17) is 0 Å². The lowest BCUT2D eigenvalue weighted by atomic mass is 9.14. The zero-order chi connectivity index (χ0) is 11.6. The summed E-state index contributed by atoms with van der Waals surface area (Å²) in [6, 6.07) is 0. The van der Waals surface area contributed by atoms with Crippen LogP contribution in [0.2, 0.25) is 10.6 Å². The van der Waals surface area contributed by atoms with Crippen LogP contribution >= 0.6 is 22.6 Å². The zero-order valence-electron chi connectivity index (χ0n) is 11.0. The molecule has 3 rings (SSSR count). The summed E-state index contributed by atoms with van der Waals surface area (Å²) in [6.07, 6.45) is 10.5. The summed E-state index contributed by atoms with van der Waals surface area (Å²) in [6.45, 7) is 8.74. The average molecular weight is 330 g/mol. The van der Waals surface area contributed by atoms with Crippen molar-refractivity contribution >= 4 is 29.3 Å². The molecule has 2 heteroatoms. The molecule has 0 spiro atoms. The predicted molar refractivity (Wildman–Crippen MR) is 80.7 cm³/mol. The third-order valence-electron chi connectivity index (χ3n) is 6.42. The van der Waals surface area contributed by atoms with Crippen molar-refractivity contribution < 1.29 is 0 Å². The molecule has 16 heavy (non-hydrogen) atoms. The topological polar surface area (TPSA) is 0 Å². The van der Waals surface area contributed by atoms with Gasteiger partial charge in [-0.15, -0.1) is 0 Å². The molecule has 3 aliphatic rings. The number of hydrogen-bond donors (Lipinski definition) is 0. The molecule has 0 amide bonds. The molecule has 0 saturated carbocycles. The van der Waals surface area contributed by atoms with E-state index in [-0.39, 0.29) is 0 Å². The van der Waals surface area contributed by atoms with Crippen molar-refractivity contribution in [2.24, 2.45) is 5.92 Å². The van der Waals surface area contributed by atoms with Crippen LogP contribution in [-0.4, -0.2) is 10.0 Å². The molecule has 0 aromatic carbocycles. The molecule has 0 aromatic rings. The van der Waals surface area contributed by atoms with Gasteiger partial charge >= 0.3 is 0 Å². The fourth-order valence-corrected chi connectivity index (χ4v) is 7.75. The van der Waals surface area contributed by atoms with Crippen molar-refractivity contribution in [3.8, 4) is 0 Å². The third-order valence-corrected chi connectivity index (χ3v) is 8.64. The Bertz CT molecular complexity index is 318. The van der Waals surface area contributed by atoms with Gasteiger partial charge in [0.15, 0.2) is 6.71 Å². The minimum absolute atomic E-state index is 0.639. The summed E-state index contributed by atoms with van der Waals surface area (Å²) in [7, 11) is 0. The second-order valence-electron chi connectivity index (χ2n) is 7.46. The number of halogens is 1. The number of alkyl halides is 1. The first-order valence-corrected chi connectivity index (χ1v) is 8.18. The molecule has 4 unspecified atom stereocenters. The normalized spacial score (nSPS) is 56.2. The molecule has 0 radical (unpaired) electrons. The Kier molecular flexibility index (Phi) is 2.54. The Morgan fingerprint density at radius 2 is 1.62 bits per heavy atom. The van der Waals surface area contributed by atoms with Crippen LogP contribution in [0.25, 0.3) is 0 Å². The quantitative estimate of drug-likeness (QED) is 0.328. The fourth-order valence-electron chi connectivity index (χ4n) is 5.66. The lowest BCUT2D eigenvalue weighted by Gasteiger charge is -2.56. The summed E-state index contributed by atoms with van der Waals surface area (Å²) in [5.41, 5.74) is 0. The van der Waals surface area contributed by atoms with Crippen LogP contribution < -0.4 is 0 Å². The molecule has 90 valence electrons. The number of rotatable bonds is 0. The zero-order valence-corrected chi connectivity index (χ0v) is 13.1. The lowest BCUT2D eigenvalue weighted by molar-refractivity contribution is 0.322. The maximum absolute atomic E-state index is 2.88. The maximum Gasteiger partial charge on any atom is 0.171 e. The van der Waals surface area contributed by atoms with E-state index in [1.165, 1.54) is 44.9 Å². The molecule has 0 aromatic heterocycles. The van der Waals surface area contributed by atoms with E-state index >= 15 is 0 Å². The molecule has 3 aliphatic heterocycles. The predicted octanol–water partition coefficient (Wildman–Crippen LogP) is 5.12. The van der Waals surface area contributed by atoms with E-state index < -0.39 is 0 Å². The SMILES string of the molecule is CC1CCC2(C)CCCC3(C)CCC1(I)B23. The van der Waals surface area contributed by atoms with Gasteiger partial charge in [0.05, 0.1) is 0 Å². The van der Waals surface area contributed by atoms with Crippen LogP contribution in [0.5, 0.6) is 0 Å². The van der Waals surface area contributed by atoms with Crippen LogP contribution in [0.1, 0.15) is 65.7 Å². The van der Waals surface area contributed by atoms with Crippen LogP contribution in [-0.2, 0) is 0 Å².